The summed E-state index contributed by atoms with van der Waals surface area (Å²) in [6.45, 7) is 9.70. The average molecular weight is 178 g/mol. The van der Waals surface area contributed by atoms with Crippen LogP contribution in [0.3, 0.4) is 0 Å². The highest BCUT2D eigenvalue weighted by molar-refractivity contribution is 5.60. The van der Waals surface area contributed by atoms with Gasteiger partial charge in [-0.1, -0.05) is 32.6 Å². The number of aryl methyl sites for hydroxylation is 1. The normalized spacial score (nSPS) is 9.54. The van der Waals surface area contributed by atoms with E-state index in [4.69, 9.17) is 0 Å². The Morgan fingerprint density at radius 3 is 2.54 bits per heavy atom. The molecule has 72 valence electrons. The maximum atomic E-state index is 4.10. The number of rotatable bonds is 2. The summed E-state index contributed by atoms with van der Waals surface area (Å²) in [5.74, 6) is 0. The number of hydrogen-bond acceptors (Lipinski definition) is 1. The van der Waals surface area contributed by atoms with E-state index < -0.39 is 0 Å². The smallest absolute Gasteiger partial charge is 0.0673 e. The summed E-state index contributed by atoms with van der Waals surface area (Å²) in [5, 5.41) is 4.10. The van der Waals surface area contributed by atoms with Gasteiger partial charge in [0.15, 0.2) is 0 Å². The van der Waals surface area contributed by atoms with Crippen LogP contribution in [0.4, 0.5) is 0 Å². The zero-order chi connectivity index (χ0) is 10.3. The quantitative estimate of drug-likeness (QED) is 0.680. The van der Waals surface area contributed by atoms with Crippen LogP contribution in [0, 0.1) is 0 Å². The van der Waals surface area contributed by atoms with Gasteiger partial charge in [-0.05, 0) is 13.0 Å². The van der Waals surface area contributed by atoms with E-state index in [2.05, 4.69) is 11.7 Å². The molecule has 0 unspecified atom stereocenters. The number of nitrogens with zero attached hydrogens (tertiary/aromatic N) is 2. The summed E-state index contributed by atoms with van der Waals surface area (Å²) in [6, 6.07) is 0. The zero-order valence-electron chi connectivity index (χ0n) is 8.91. The number of hydrogen-bond donors (Lipinski definition) is 0. The molecule has 0 spiro atoms. The van der Waals surface area contributed by atoms with E-state index in [1.807, 2.05) is 56.9 Å². The molecule has 0 fully saturated rings. The zero-order valence-corrected chi connectivity index (χ0v) is 8.91. The molecule has 2 nitrogen and oxygen atoms in total. The maximum absolute atomic E-state index is 4.10. The predicted octanol–water partition coefficient (Wildman–Crippen LogP) is 3.12. The molecule has 0 amide bonds. The van der Waals surface area contributed by atoms with Gasteiger partial charge in [0.05, 0.1) is 11.9 Å². The molecule has 0 aromatic carbocycles. The van der Waals surface area contributed by atoms with Crippen LogP contribution in [0.2, 0.25) is 0 Å². The fourth-order valence-electron chi connectivity index (χ4n) is 1.02. The Balaban J connectivity index is 0.000000671. The van der Waals surface area contributed by atoms with Crippen molar-refractivity contribution in [3.05, 3.63) is 30.1 Å². The average Bonchev–Trinajstić information content (AvgIpc) is 2.51. The summed E-state index contributed by atoms with van der Waals surface area (Å²) in [5.41, 5.74) is 2.17. The molecule has 13 heavy (non-hydrogen) atoms. The van der Waals surface area contributed by atoms with Gasteiger partial charge in [-0.25, -0.2) is 0 Å². The first-order valence-corrected chi connectivity index (χ1v) is 4.56. The minimum Gasteiger partial charge on any atom is -0.268 e. The lowest BCUT2D eigenvalue weighted by atomic mass is 10.2. The van der Waals surface area contributed by atoms with Crippen molar-refractivity contribution >= 4 is 12.2 Å². The fourth-order valence-corrected chi connectivity index (χ4v) is 1.02. The Bertz CT molecular complexity index is 282. The second-order valence-electron chi connectivity index (χ2n) is 2.31. The predicted molar refractivity (Wildman–Crippen MR) is 59.4 cm³/mol. The monoisotopic (exact) mass is 178 g/mol. The molecule has 0 aliphatic carbocycles. The van der Waals surface area contributed by atoms with Gasteiger partial charge in [0, 0.05) is 12.6 Å². The molecule has 0 atom stereocenters. The molecular weight excluding hydrogens is 160 g/mol. The molecule has 2 heteroatoms. The standard InChI is InChI=1S/C9H12N2.C2H6/c1-4-6-8-7-10-11(3)9(8)5-2;1-2/h4-7H,2H2,1,3H3;1-2H3/b6-4-;. The van der Waals surface area contributed by atoms with Crippen molar-refractivity contribution in [2.75, 3.05) is 0 Å². The first-order valence-electron chi connectivity index (χ1n) is 4.56. The second kappa shape index (κ2) is 6.23. The molecule has 0 saturated carbocycles. The van der Waals surface area contributed by atoms with Gasteiger partial charge >= 0.3 is 0 Å². The van der Waals surface area contributed by atoms with Crippen molar-refractivity contribution in [3.8, 4) is 0 Å². The van der Waals surface area contributed by atoms with Crippen molar-refractivity contribution in [2.45, 2.75) is 20.8 Å². The van der Waals surface area contributed by atoms with Crippen molar-refractivity contribution in [1.29, 1.82) is 0 Å². The van der Waals surface area contributed by atoms with Gasteiger partial charge < -0.3 is 0 Å². The minimum atomic E-state index is 1.06. The van der Waals surface area contributed by atoms with Crippen LogP contribution in [0.25, 0.3) is 12.2 Å². The van der Waals surface area contributed by atoms with Gasteiger partial charge in [0.25, 0.3) is 0 Å². The summed E-state index contributed by atoms with van der Waals surface area (Å²) >= 11 is 0. The largest absolute Gasteiger partial charge is 0.268 e. The summed E-state index contributed by atoms with van der Waals surface area (Å²) in [7, 11) is 1.91. The van der Waals surface area contributed by atoms with Gasteiger partial charge in [-0.3, -0.25) is 4.68 Å². The van der Waals surface area contributed by atoms with Crippen molar-refractivity contribution < 1.29 is 0 Å². The highest BCUT2D eigenvalue weighted by Gasteiger charge is 1.99. The van der Waals surface area contributed by atoms with Crippen LogP contribution in [0.15, 0.2) is 18.9 Å². The van der Waals surface area contributed by atoms with Crippen molar-refractivity contribution in [1.82, 2.24) is 9.78 Å². The SMILES string of the molecule is C=Cc1c(/C=C\C)cnn1C.CC. The van der Waals surface area contributed by atoms with E-state index in [9.17, 15) is 0 Å². The number of allylic oxidation sites excluding steroid dienone is 1. The molecule has 1 rings (SSSR count). The molecule has 1 aromatic rings. The van der Waals surface area contributed by atoms with Crippen LogP contribution in [-0.4, -0.2) is 9.78 Å². The fraction of sp³-hybridized carbons (Fsp3) is 0.364. The molecule has 0 aliphatic heterocycles. The van der Waals surface area contributed by atoms with Crippen LogP contribution < -0.4 is 0 Å². The minimum absolute atomic E-state index is 1.06. The molecule has 0 bridgehead atoms. The molecular formula is C11H18N2. The Labute approximate surface area is 80.6 Å². The Hall–Kier alpha value is -1.31. The van der Waals surface area contributed by atoms with E-state index in [1.165, 1.54) is 0 Å². The van der Waals surface area contributed by atoms with Gasteiger partial charge in [0.1, 0.15) is 0 Å². The van der Waals surface area contributed by atoms with E-state index in [-0.39, 0.29) is 0 Å². The molecule has 0 aliphatic rings. The highest BCUT2D eigenvalue weighted by atomic mass is 15.3. The van der Waals surface area contributed by atoms with Crippen molar-refractivity contribution in [2.24, 2.45) is 7.05 Å². The molecule has 1 heterocycles. The highest BCUT2D eigenvalue weighted by Crippen LogP contribution is 2.09. The van der Waals surface area contributed by atoms with E-state index in [0.29, 0.717) is 0 Å². The van der Waals surface area contributed by atoms with Crippen LogP contribution >= 0.6 is 0 Å². The van der Waals surface area contributed by atoms with Crippen LogP contribution in [0.1, 0.15) is 32.0 Å². The van der Waals surface area contributed by atoms with Gasteiger partial charge in [-0.2, -0.15) is 5.10 Å². The first kappa shape index (κ1) is 11.7. The molecule has 0 N–H and O–H groups in total. The maximum Gasteiger partial charge on any atom is 0.0673 e. The lowest BCUT2D eigenvalue weighted by Crippen LogP contribution is -1.92. The van der Waals surface area contributed by atoms with E-state index in [1.54, 1.807) is 0 Å². The molecule has 1 aromatic heterocycles. The molecule has 0 saturated heterocycles. The third-order valence-electron chi connectivity index (χ3n) is 1.55. The Morgan fingerprint density at radius 1 is 1.46 bits per heavy atom. The van der Waals surface area contributed by atoms with Crippen LogP contribution in [-0.2, 0) is 7.05 Å². The van der Waals surface area contributed by atoms with Gasteiger partial charge in [-0.15, -0.1) is 0 Å². The summed E-state index contributed by atoms with van der Waals surface area (Å²) in [6.07, 6.45) is 7.65. The Morgan fingerprint density at radius 2 is 2.08 bits per heavy atom. The Kier molecular flexibility index (Phi) is 5.60. The topological polar surface area (TPSA) is 17.8 Å². The van der Waals surface area contributed by atoms with E-state index in [0.717, 1.165) is 11.3 Å². The van der Waals surface area contributed by atoms with Gasteiger partial charge in [0.2, 0.25) is 0 Å². The van der Waals surface area contributed by atoms with Crippen LogP contribution in [0.5, 0.6) is 0 Å². The third kappa shape index (κ3) is 2.90. The summed E-state index contributed by atoms with van der Waals surface area (Å²) < 4.78 is 1.81. The lowest BCUT2D eigenvalue weighted by Gasteiger charge is -1.94. The van der Waals surface area contributed by atoms with Crippen molar-refractivity contribution in [3.63, 3.8) is 0 Å². The second-order valence-corrected chi connectivity index (χ2v) is 2.31. The molecule has 0 radical (unpaired) electrons. The first-order chi connectivity index (χ1) is 6.29. The summed E-state index contributed by atoms with van der Waals surface area (Å²) in [4.78, 5) is 0. The lowest BCUT2D eigenvalue weighted by molar-refractivity contribution is 0.759. The third-order valence-corrected chi connectivity index (χ3v) is 1.55. The van der Waals surface area contributed by atoms with E-state index >= 15 is 0 Å². The number of aromatic nitrogens is 2.